The van der Waals surface area contributed by atoms with E-state index in [0.717, 1.165) is 28.8 Å². The molecule has 0 aliphatic carbocycles. The number of carboxylic acids is 1. The van der Waals surface area contributed by atoms with Crippen molar-refractivity contribution in [2.24, 2.45) is 36.4 Å². The maximum absolute atomic E-state index is 12.6. The number of carboxylic acid groups (broad SMARTS) is 1. The summed E-state index contributed by atoms with van der Waals surface area (Å²) in [6.07, 6.45) is 0. The third-order valence-electron chi connectivity index (χ3n) is 9.21. The van der Waals surface area contributed by atoms with Crippen molar-refractivity contribution in [1.82, 2.24) is 4.57 Å². The van der Waals surface area contributed by atoms with E-state index in [0.29, 0.717) is 18.2 Å². The third kappa shape index (κ3) is 8.66. The number of nitrogens with zero attached hydrogens (tertiary/aromatic N) is 7. The predicted molar refractivity (Wildman–Crippen MR) is 220 cm³/mol. The van der Waals surface area contributed by atoms with Crippen LogP contribution < -0.4 is 11.3 Å². The topological polar surface area (TPSA) is 421 Å². The number of benzene rings is 5. The second-order valence-electron chi connectivity index (χ2n) is 13.2. The Bertz CT molecular complexity index is 3550. The van der Waals surface area contributed by atoms with Crippen molar-refractivity contribution in [3.8, 4) is 23.1 Å². The largest absolute Gasteiger partial charge is 0.507 e. The number of nitrogens with two attached hydrogens (primary N) is 1. The van der Waals surface area contributed by atoms with Gasteiger partial charge in [-0.2, -0.15) is 35.5 Å². The summed E-state index contributed by atoms with van der Waals surface area (Å²) in [5.41, 5.74) is 0.194. The zero-order valence-corrected chi connectivity index (χ0v) is 34.6. The Morgan fingerprint density at radius 1 is 0.672 bits per heavy atom. The number of amides is 1. The van der Waals surface area contributed by atoms with Crippen LogP contribution in [0, 0.1) is 6.92 Å². The smallest absolute Gasteiger partial charge is 0.338 e. The average molecular weight is 941 g/mol. The van der Waals surface area contributed by atoms with Gasteiger partial charge in [-0.15, -0.1) is 20.5 Å². The Morgan fingerprint density at radius 3 is 1.78 bits per heavy atom. The second kappa shape index (κ2) is 16.5. The summed E-state index contributed by atoms with van der Waals surface area (Å²) in [4.78, 5) is 33.8. The lowest BCUT2D eigenvalue weighted by Gasteiger charge is -2.12. The van der Waals surface area contributed by atoms with E-state index < -0.39 is 125 Å². The number of primary amides is 1. The Kier molecular flexibility index (Phi) is 11.8. The van der Waals surface area contributed by atoms with E-state index in [1.807, 2.05) is 0 Å². The van der Waals surface area contributed by atoms with E-state index in [2.05, 4.69) is 30.7 Å². The highest BCUT2D eigenvalue weighted by molar-refractivity contribution is 7.86. The van der Waals surface area contributed by atoms with Gasteiger partial charge in [0.25, 0.3) is 41.8 Å². The first-order valence-corrected chi connectivity index (χ1v) is 21.7. The van der Waals surface area contributed by atoms with E-state index in [4.69, 9.17) is 5.73 Å². The number of pyridine rings is 1. The molecular weight excluding hydrogens is 913 g/mol. The van der Waals surface area contributed by atoms with Gasteiger partial charge >= 0.3 is 5.97 Å². The van der Waals surface area contributed by atoms with Crippen LogP contribution in [0.4, 0.5) is 34.1 Å². The van der Waals surface area contributed by atoms with Crippen LogP contribution in [0.25, 0.3) is 21.5 Å². The fourth-order valence-electron chi connectivity index (χ4n) is 6.25. The van der Waals surface area contributed by atoms with E-state index in [1.54, 1.807) is 0 Å². The normalized spacial score (nSPS) is 12.6. The van der Waals surface area contributed by atoms with Gasteiger partial charge < -0.3 is 31.3 Å². The first-order valence-electron chi connectivity index (χ1n) is 17.4. The van der Waals surface area contributed by atoms with E-state index in [-0.39, 0.29) is 39.9 Å². The van der Waals surface area contributed by atoms with Crippen LogP contribution in [0.1, 0.15) is 33.2 Å². The van der Waals surface area contributed by atoms with E-state index in [9.17, 15) is 78.8 Å². The highest BCUT2D eigenvalue weighted by atomic mass is 32.2. The number of rotatable bonds is 12. The lowest BCUT2D eigenvalue weighted by Crippen LogP contribution is -2.30. The fourth-order valence-corrected chi connectivity index (χ4v) is 8.10. The first-order chi connectivity index (χ1) is 29.7. The average Bonchev–Trinajstić information content (AvgIpc) is 3.18. The van der Waals surface area contributed by atoms with Crippen LogP contribution in [-0.2, 0) is 36.9 Å². The van der Waals surface area contributed by atoms with E-state index in [1.165, 1.54) is 32.0 Å². The summed E-state index contributed by atoms with van der Waals surface area (Å²) in [7, 11) is -15.5. The molecule has 5 aromatic carbocycles. The molecule has 6 aromatic rings. The van der Waals surface area contributed by atoms with Crippen LogP contribution in [0.2, 0.25) is 0 Å². The van der Waals surface area contributed by atoms with Gasteiger partial charge in [-0.1, -0.05) is 0 Å². The Labute approximate surface area is 357 Å². The molecule has 0 aliphatic rings. The minimum Gasteiger partial charge on any atom is -0.507 e. The number of carbonyl (C=O) groups excluding carboxylic acids is 1. The molecule has 332 valence electrons. The van der Waals surface area contributed by atoms with Crippen molar-refractivity contribution in [2.75, 3.05) is 0 Å². The summed E-state index contributed by atoms with van der Waals surface area (Å²) in [6.45, 7) is 2.75. The van der Waals surface area contributed by atoms with Crippen LogP contribution in [-0.4, -0.2) is 80.9 Å². The molecule has 6 rings (SSSR count). The zero-order valence-electron chi connectivity index (χ0n) is 32.2. The van der Waals surface area contributed by atoms with Crippen molar-refractivity contribution < 1.29 is 74.0 Å². The summed E-state index contributed by atoms with van der Waals surface area (Å²) < 4.78 is 103. The summed E-state index contributed by atoms with van der Waals surface area (Å²) in [5.74, 6) is -6.42. The number of aromatic nitrogens is 1. The van der Waals surface area contributed by atoms with Crippen molar-refractivity contribution in [3.63, 3.8) is 0 Å². The van der Waals surface area contributed by atoms with E-state index >= 15 is 0 Å². The van der Waals surface area contributed by atoms with Crippen LogP contribution in [0.3, 0.4) is 0 Å². The molecule has 0 atom stereocenters. The number of aromatic carboxylic acids is 1. The number of fused-ring (bicyclic) bond motifs is 2. The lowest BCUT2D eigenvalue weighted by atomic mass is 10.1. The maximum atomic E-state index is 12.6. The number of hydrogen-bond donors (Lipinski definition) is 9. The maximum Gasteiger partial charge on any atom is 0.338 e. The number of hydrogen-bond acceptors (Lipinski definition) is 19. The Morgan fingerprint density at radius 2 is 1.22 bits per heavy atom. The minimum atomic E-state index is -5.31. The first kappa shape index (κ1) is 45.8. The van der Waals surface area contributed by atoms with Gasteiger partial charge in [-0.3, -0.25) is 27.8 Å². The van der Waals surface area contributed by atoms with Crippen molar-refractivity contribution in [1.29, 1.82) is 0 Å². The molecule has 10 N–H and O–H groups in total. The van der Waals surface area contributed by atoms with Crippen LogP contribution in [0.15, 0.2) is 111 Å². The van der Waals surface area contributed by atoms with Gasteiger partial charge in [0.1, 0.15) is 43.9 Å². The lowest BCUT2D eigenvalue weighted by molar-refractivity contribution is 0.0697. The van der Waals surface area contributed by atoms with Gasteiger partial charge in [0.15, 0.2) is 11.5 Å². The monoisotopic (exact) mass is 940 g/mol. The molecule has 0 bridgehead atoms. The minimum absolute atomic E-state index is 0.0212. The molecule has 0 unspecified atom stereocenters. The van der Waals surface area contributed by atoms with Crippen molar-refractivity contribution in [3.05, 3.63) is 87.7 Å². The fraction of sp³-hybridized carbons (Fsp3) is 0.0833. The summed E-state index contributed by atoms with van der Waals surface area (Å²) in [6, 6.07) is 9.15. The molecule has 0 aliphatic heterocycles. The molecule has 28 heteroatoms. The molecule has 1 amide bonds. The second-order valence-corrected chi connectivity index (χ2v) is 17.4. The molecule has 25 nitrogen and oxygen atoms in total. The number of aromatic hydroxyl groups is 4. The van der Waals surface area contributed by atoms with Gasteiger partial charge in [-0.25, -0.2) is 4.79 Å². The van der Waals surface area contributed by atoms with Crippen LogP contribution >= 0.6 is 0 Å². The molecule has 0 fully saturated rings. The number of phenolic OH excluding ortho intramolecular Hbond substituents is 3. The van der Waals surface area contributed by atoms with Gasteiger partial charge in [0.05, 0.1) is 27.2 Å². The summed E-state index contributed by atoms with van der Waals surface area (Å²) >= 11 is 0. The molecular formula is C36H28N8O17S3. The predicted octanol–water partition coefficient (Wildman–Crippen LogP) is 6.09. The van der Waals surface area contributed by atoms with Crippen LogP contribution in [0.5, 0.6) is 23.1 Å². The summed E-state index contributed by atoms with van der Waals surface area (Å²) in [5, 5.41) is 74.5. The molecule has 0 saturated heterocycles. The zero-order chi connectivity index (χ0) is 47.4. The van der Waals surface area contributed by atoms with Gasteiger partial charge in [-0.05, 0) is 79.2 Å². The highest BCUT2D eigenvalue weighted by Gasteiger charge is 2.27. The standard InChI is InChI=1S/C36H28N8O17S3/c1-3-44-34(49)26(33(37)48)14(2)28(35(44)50)41-38-17-4-6-20-15(8-17)10-24(63(56,57)58)29(31(20)46)42-39-18-5-7-22(21(12-18)36(51)52)40-43-30-25(64(59,60)61)11-16-9-19(62(53,54)55)13-23(45)27(16)32(30)47/h4-13,45-47,50H,3H2,1-2H3,(H2,37,48)(H,51,52)(H,53,54,55)(H,56,57,58)(H,59,60,61)/b41-38+,42-39+,43-40+. The molecule has 0 radical (unpaired) electrons. The van der Waals surface area contributed by atoms with Gasteiger partial charge in [0, 0.05) is 23.6 Å². The SMILES string of the molecule is CCn1c(O)c(/N=N/c2ccc3c(O)c(/N=N/c4ccc(/N=N/c5c(S(=O)(=O)O)cc6cc(S(=O)(=O)O)cc(O)c6c5O)c(C(=O)O)c4)c(S(=O)(=O)O)cc3c2)c(C)c(C(N)=O)c1=O. The quantitative estimate of drug-likeness (QED) is 0.0495. The van der Waals surface area contributed by atoms with Gasteiger partial charge in [0.2, 0.25) is 5.88 Å². The van der Waals surface area contributed by atoms with Crippen molar-refractivity contribution >= 4 is 97.9 Å². The number of phenols is 3. The molecule has 1 aromatic heterocycles. The molecule has 0 saturated carbocycles. The van der Waals surface area contributed by atoms with Crippen molar-refractivity contribution in [2.45, 2.75) is 35.1 Å². The number of carbonyl (C=O) groups is 2. The molecule has 1 heterocycles. The molecule has 64 heavy (non-hydrogen) atoms. The highest BCUT2D eigenvalue weighted by Crippen LogP contribution is 2.46. The Balaban J connectivity index is 1.39. The number of azo groups is 3. The molecule has 0 spiro atoms. The third-order valence-corrected chi connectivity index (χ3v) is 11.8. The Hall–Kier alpha value is -7.76.